The van der Waals surface area contributed by atoms with E-state index in [1.54, 1.807) is 11.3 Å². The van der Waals surface area contributed by atoms with Gasteiger partial charge in [0.1, 0.15) is 5.75 Å². The lowest BCUT2D eigenvalue weighted by molar-refractivity contribution is 0.244. The van der Waals surface area contributed by atoms with E-state index in [0.717, 1.165) is 29.7 Å². The molecule has 3 rings (SSSR count). The predicted octanol–water partition coefficient (Wildman–Crippen LogP) is 3.47. The van der Waals surface area contributed by atoms with E-state index in [1.165, 1.54) is 16.0 Å². The van der Waals surface area contributed by atoms with Crippen molar-refractivity contribution in [1.29, 1.82) is 0 Å². The monoisotopic (exact) mass is 322 g/mol. The van der Waals surface area contributed by atoms with Gasteiger partial charge in [-0.1, -0.05) is 23.7 Å². The van der Waals surface area contributed by atoms with E-state index in [9.17, 15) is 0 Å². The van der Waals surface area contributed by atoms with Gasteiger partial charge in [-0.2, -0.15) is 0 Å². The summed E-state index contributed by atoms with van der Waals surface area (Å²) in [5, 5.41) is 0. The molecule has 2 aromatic rings. The molecule has 0 saturated heterocycles. The van der Waals surface area contributed by atoms with E-state index in [1.807, 2.05) is 6.07 Å². The summed E-state index contributed by atoms with van der Waals surface area (Å²) in [4.78, 5) is 3.53. The number of hydrogen-bond donors (Lipinski definition) is 1. The Kier molecular flexibility index (Phi) is 4.50. The van der Waals surface area contributed by atoms with Crippen molar-refractivity contribution in [3.63, 3.8) is 0 Å². The molecule has 1 aromatic heterocycles. The summed E-state index contributed by atoms with van der Waals surface area (Å²) in [6.45, 7) is 2.23. The first-order valence-electron chi connectivity index (χ1n) is 7.07. The normalized spacial score (nSPS) is 15.0. The number of halogens is 1. The Hall–Kier alpha value is -1.07. The average molecular weight is 323 g/mol. The van der Waals surface area contributed by atoms with Crippen LogP contribution in [0.4, 0.5) is 0 Å². The van der Waals surface area contributed by atoms with E-state index in [0.29, 0.717) is 6.54 Å². The van der Waals surface area contributed by atoms with Gasteiger partial charge < -0.3 is 10.5 Å². The van der Waals surface area contributed by atoms with Crippen molar-refractivity contribution in [3.05, 3.63) is 50.7 Å². The van der Waals surface area contributed by atoms with Gasteiger partial charge in [-0.15, -0.1) is 11.3 Å². The molecule has 21 heavy (non-hydrogen) atoms. The Morgan fingerprint density at radius 1 is 1.38 bits per heavy atom. The molecule has 1 aromatic carbocycles. The summed E-state index contributed by atoms with van der Waals surface area (Å²) in [6.07, 6.45) is 0.991. The number of hydrogen-bond acceptors (Lipinski definition) is 4. The lowest BCUT2D eigenvalue weighted by Crippen LogP contribution is -2.30. The molecule has 0 aliphatic carbocycles. The highest BCUT2D eigenvalue weighted by molar-refractivity contribution is 7.16. The minimum Gasteiger partial charge on any atom is -0.493 e. The molecule has 5 heteroatoms. The number of likely N-dealkylation sites (N-methyl/N-ethyl adjacent to an activating group) is 1. The summed E-state index contributed by atoms with van der Waals surface area (Å²) in [7, 11) is 2.11. The Morgan fingerprint density at radius 3 is 2.95 bits per heavy atom. The molecule has 1 unspecified atom stereocenters. The zero-order chi connectivity index (χ0) is 14.8. The van der Waals surface area contributed by atoms with Crippen molar-refractivity contribution in [2.45, 2.75) is 19.0 Å². The number of nitrogens with zero attached hydrogens (tertiary/aromatic N) is 1. The van der Waals surface area contributed by atoms with Gasteiger partial charge in [0.15, 0.2) is 0 Å². The maximum atomic E-state index is 6.01. The van der Waals surface area contributed by atoms with Crippen molar-refractivity contribution in [2.24, 2.45) is 5.73 Å². The second-order valence-electron chi connectivity index (χ2n) is 5.34. The predicted molar refractivity (Wildman–Crippen MR) is 88.2 cm³/mol. The first-order chi connectivity index (χ1) is 10.2. The van der Waals surface area contributed by atoms with Gasteiger partial charge in [-0.25, -0.2) is 0 Å². The number of ether oxygens (including phenoxy) is 1. The molecular weight excluding hydrogens is 304 g/mol. The minimum absolute atomic E-state index is 0.205. The van der Waals surface area contributed by atoms with E-state index in [-0.39, 0.29) is 6.04 Å². The molecule has 1 atom stereocenters. The van der Waals surface area contributed by atoms with Crippen LogP contribution in [0, 0.1) is 0 Å². The quantitative estimate of drug-likeness (QED) is 0.916. The van der Waals surface area contributed by atoms with Crippen LogP contribution in [0.2, 0.25) is 4.34 Å². The van der Waals surface area contributed by atoms with Crippen LogP contribution in [-0.4, -0.2) is 25.1 Å². The Labute approximate surface area is 134 Å². The number of benzene rings is 1. The summed E-state index contributed by atoms with van der Waals surface area (Å²) in [6, 6.07) is 10.7. The van der Waals surface area contributed by atoms with Crippen LogP contribution in [0.15, 0.2) is 30.3 Å². The van der Waals surface area contributed by atoms with Crippen LogP contribution >= 0.6 is 22.9 Å². The fraction of sp³-hybridized carbons (Fsp3) is 0.375. The Balaban J connectivity index is 1.77. The maximum Gasteiger partial charge on any atom is 0.122 e. The topological polar surface area (TPSA) is 38.5 Å². The third-order valence-corrected chi connectivity index (χ3v) is 5.10. The van der Waals surface area contributed by atoms with Crippen LogP contribution in [0.1, 0.15) is 22.0 Å². The second kappa shape index (κ2) is 6.36. The fourth-order valence-corrected chi connectivity index (χ4v) is 3.93. The van der Waals surface area contributed by atoms with Crippen LogP contribution in [-0.2, 0) is 13.0 Å². The van der Waals surface area contributed by atoms with Crippen LogP contribution < -0.4 is 10.5 Å². The van der Waals surface area contributed by atoms with E-state index in [2.05, 4.69) is 36.2 Å². The van der Waals surface area contributed by atoms with Gasteiger partial charge in [0.25, 0.3) is 0 Å². The zero-order valence-corrected chi connectivity index (χ0v) is 13.6. The van der Waals surface area contributed by atoms with Gasteiger partial charge in [-0.3, -0.25) is 4.90 Å². The average Bonchev–Trinajstić information content (AvgIpc) is 3.08. The first kappa shape index (κ1) is 14.9. The van der Waals surface area contributed by atoms with Gasteiger partial charge in [0, 0.05) is 30.4 Å². The second-order valence-corrected chi connectivity index (χ2v) is 7.14. The molecule has 0 bridgehead atoms. The van der Waals surface area contributed by atoms with E-state index in [4.69, 9.17) is 22.1 Å². The highest BCUT2D eigenvalue weighted by Crippen LogP contribution is 2.31. The number of nitrogens with two attached hydrogens (primary N) is 1. The van der Waals surface area contributed by atoms with Crippen LogP contribution in [0.5, 0.6) is 5.75 Å². The number of fused-ring (bicyclic) bond motifs is 1. The first-order valence-corrected chi connectivity index (χ1v) is 8.27. The largest absolute Gasteiger partial charge is 0.493 e. The molecule has 3 nitrogen and oxygen atoms in total. The summed E-state index contributed by atoms with van der Waals surface area (Å²) in [5.41, 5.74) is 8.56. The van der Waals surface area contributed by atoms with Gasteiger partial charge in [0.2, 0.25) is 0 Å². The molecule has 1 aliphatic heterocycles. The number of thiophene rings is 1. The Bertz CT molecular complexity index is 628. The van der Waals surface area contributed by atoms with Crippen LogP contribution in [0.3, 0.4) is 0 Å². The number of rotatable bonds is 5. The van der Waals surface area contributed by atoms with Crippen molar-refractivity contribution in [2.75, 3.05) is 20.2 Å². The summed E-state index contributed by atoms with van der Waals surface area (Å²) >= 11 is 7.62. The van der Waals surface area contributed by atoms with Gasteiger partial charge in [0.05, 0.1) is 10.9 Å². The lowest BCUT2D eigenvalue weighted by atomic mass is 10.0. The van der Waals surface area contributed by atoms with Crippen LogP contribution in [0.25, 0.3) is 0 Å². The molecule has 1 aliphatic rings. The van der Waals surface area contributed by atoms with E-state index < -0.39 is 0 Å². The van der Waals surface area contributed by atoms with Crippen molar-refractivity contribution in [3.8, 4) is 5.75 Å². The minimum atomic E-state index is 0.205. The lowest BCUT2D eigenvalue weighted by Gasteiger charge is -2.27. The molecule has 2 heterocycles. The fourth-order valence-electron chi connectivity index (χ4n) is 2.78. The third kappa shape index (κ3) is 3.24. The summed E-state index contributed by atoms with van der Waals surface area (Å²) in [5.74, 6) is 1.02. The maximum absolute atomic E-state index is 6.01. The molecule has 0 radical (unpaired) electrons. The van der Waals surface area contributed by atoms with Gasteiger partial charge >= 0.3 is 0 Å². The molecular formula is C16H19ClN2OS. The zero-order valence-electron chi connectivity index (χ0n) is 12.0. The summed E-state index contributed by atoms with van der Waals surface area (Å²) < 4.78 is 6.40. The third-order valence-electron chi connectivity index (χ3n) is 3.89. The molecule has 0 spiro atoms. The molecule has 2 N–H and O–H groups in total. The smallest absolute Gasteiger partial charge is 0.122 e. The molecule has 112 valence electrons. The highest BCUT2D eigenvalue weighted by Gasteiger charge is 2.19. The van der Waals surface area contributed by atoms with Crippen molar-refractivity contribution < 1.29 is 4.74 Å². The molecule has 0 fully saturated rings. The van der Waals surface area contributed by atoms with E-state index >= 15 is 0 Å². The molecule has 0 amide bonds. The highest BCUT2D eigenvalue weighted by atomic mass is 35.5. The van der Waals surface area contributed by atoms with Crippen molar-refractivity contribution in [1.82, 2.24) is 4.90 Å². The Morgan fingerprint density at radius 2 is 2.24 bits per heavy atom. The molecule has 0 saturated carbocycles. The van der Waals surface area contributed by atoms with Gasteiger partial charge in [-0.05, 0) is 36.4 Å². The van der Waals surface area contributed by atoms with Crippen molar-refractivity contribution >= 4 is 22.9 Å². The standard InChI is InChI=1S/C16H19ClN2OS/c1-19(10-13-3-5-16(17)21-13)14(9-18)11-2-4-15-12(8-11)6-7-20-15/h2-5,8,14H,6-7,9-10,18H2,1H3. The SMILES string of the molecule is CN(Cc1ccc(Cl)s1)C(CN)c1ccc2c(c1)CCO2.